The summed E-state index contributed by atoms with van der Waals surface area (Å²) in [4.78, 5) is 0. The fourth-order valence-electron chi connectivity index (χ4n) is 1.73. The standard InChI is InChI=1S/C14H12Br2FNO/c15-10-6-5-9(7-12(10)17)14(8-19)18-13-4-2-1-3-11(13)16/h1-7,14,18-19H,8H2. The second kappa shape index (κ2) is 6.50. The SMILES string of the molecule is OCC(Nc1ccccc1Br)c1ccc(Br)c(F)c1. The van der Waals surface area contributed by atoms with Gasteiger partial charge in [0.2, 0.25) is 0 Å². The number of rotatable bonds is 4. The first-order valence-electron chi connectivity index (χ1n) is 5.68. The van der Waals surface area contributed by atoms with E-state index in [0.717, 1.165) is 10.2 Å². The Morgan fingerprint density at radius 3 is 2.47 bits per heavy atom. The topological polar surface area (TPSA) is 32.3 Å². The molecule has 0 fully saturated rings. The first-order valence-corrected chi connectivity index (χ1v) is 7.27. The summed E-state index contributed by atoms with van der Waals surface area (Å²) < 4.78 is 14.8. The van der Waals surface area contributed by atoms with E-state index in [1.807, 2.05) is 24.3 Å². The van der Waals surface area contributed by atoms with Crippen molar-refractivity contribution in [3.8, 4) is 0 Å². The van der Waals surface area contributed by atoms with E-state index in [1.54, 1.807) is 12.1 Å². The number of nitrogens with one attached hydrogen (secondary N) is 1. The highest BCUT2D eigenvalue weighted by molar-refractivity contribution is 9.10. The molecule has 0 aliphatic carbocycles. The third kappa shape index (κ3) is 3.55. The minimum Gasteiger partial charge on any atom is -0.394 e. The molecule has 2 aromatic carbocycles. The van der Waals surface area contributed by atoms with Gasteiger partial charge in [0.15, 0.2) is 0 Å². The van der Waals surface area contributed by atoms with Crippen molar-refractivity contribution in [2.75, 3.05) is 11.9 Å². The summed E-state index contributed by atoms with van der Waals surface area (Å²) in [6.45, 7) is -0.123. The summed E-state index contributed by atoms with van der Waals surface area (Å²) in [7, 11) is 0. The van der Waals surface area contributed by atoms with Crippen LogP contribution < -0.4 is 5.32 Å². The van der Waals surface area contributed by atoms with Gasteiger partial charge in [-0.1, -0.05) is 18.2 Å². The lowest BCUT2D eigenvalue weighted by molar-refractivity contribution is 0.276. The maximum Gasteiger partial charge on any atom is 0.137 e. The summed E-state index contributed by atoms with van der Waals surface area (Å²) >= 11 is 6.54. The minimum atomic E-state index is -0.360. The monoisotopic (exact) mass is 387 g/mol. The second-order valence-corrected chi connectivity index (χ2v) is 5.74. The minimum absolute atomic E-state index is 0.123. The molecule has 0 heterocycles. The van der Waals surface area contributed by atoms with Gasteiger partial charge < -0.3 is 10.4 Å². The van der Waals surface area contributed by atoms with E-state index in [9.17, 15) is 9.50 Å². The van der Waals surface area contributed by atoms with E-state index >= 15 is 0 Å². The number of halogens is 3. The van der Waals surface area contributed by atoms with Gasteiger partial charge >= 0.3 is 0 Å². The Hall–Kier alpha value is -0.910. The van der Waals surface area contributed by atoms with Crippen molar-refractivity contribution in [2.45, 2.75) is 6.04 Å². The Morgan fingerprint density at radius 1 is 1.11 bits per heavy atom. The van der Waals surface area contributed by atoms with Crippen molar-refractivity contribution in [3.05, 3.63) is 62.8 Å². The maximum atomic E-state index is 13.5. The lowest BCUT2D eigenvalue weighted by Crippen LogP contribution is -2.15. The van der Waals surface area contributed by atoms with E-state index in [2.05, 4.69) is 37.2 Å². The van der Waals surface area contributed by atoms with E-state index < -0.39 is 0 Å². The molecule has 0 aliphatic rings. The first kappa shape index (κ1) is 14.5. The first-order chi connectivity index (χ1) is 9.11. The molecule has 1 atom stereocenters. The highest BCUT2D eigenvalue weighted by Gasteiger charge is 2.13. The molecule has 2 rings (SSSR count). The summed E-state index contributed by atoms with van der Waals surface area (Å²) in [6, 6.07) is 12.1. The number of aliphatic hydroxyl groups is 1. The average molecular weight is 389 g/mol. The van der Waals surface area contributed by atoms with Crippen molar-refractivity contribution in [1.29, 1.82) is 0 Å². The number of para-hydroxylation sites is 1. The molecular weight excluding hydrogens is 377 g/mol. The lowest BCUT2D eigenvalue weighted by Gasteiger charge is -2.19. The van der Waals surface area contributed by atoms with Crippen LogP contribution in [-0.4, -0.2) is 11.7 Å². The molecule has 0 amide bonds. The van der Waals surface area contributed by atoms with Crippen LogP contribution in [0.15, 0.2) is 51.4 Å². The van der Waals surface area contributed by atoms with Crippen molar-refractivity contribution < 1.29 is 9.50 Å². The van der Waals surface area contributed by atoms with Crippen LogP contribution in [0.25, 0.3) is 0 Å². The molecule has 100 valence electrons. The predicted molar refractivity (Wildman–Crippen MR) is 81.7 cm³/mol. The highest BCUT2D eigenvalue weighted by Crippen LogP contribution is 2.27. The number of anilines is 1. The summed E-state index contributed by atoms with van der Waals surface area (Å²) in [5, 5.41) is 12.7. The Labute approximate surface area is 127 Å². The zero-order chi connectivity index (χ0) is 13.8. The van der Waals surface area contributed by atoms with Gasteiger partial charge in [0, 0.05) is 10.2 Å². The molecule has 2 nitrogen and oxygen atoms in total. The zero-order valence-electron chi connectivity index (χ0n) is 9.91. The number of aliphatic hydroxyl groups excluding tert-OH is 1. The summed E-state index contributed by atoms with van der Waals surface area (Å²) in [5.74, 6) is -0.343. The molecule has 0 saturated carbocycles. The van der Waals surface area contributed by atoms with Crippen LogP contribution in [-0.2, 0) is 0 Å². The van der Waals surface area contributed by atoms with Gasteiger partial charge in [-0.2, -0.15) is 0 Å². The smallest absolute Gasteiger partial charge is 0.137 e. The van der Waals surface area contributed by atoms with Gasteiger partial charge in [0.25, 0.3) is 0 Å². The molecule has 5 heteroatoms. The van der Waals surface area contributed by atoms with Gasteiger partial charge in [-0.05, 0) is 61.7 Å². The second-order valence-electron chi connectivity index (χ2n) is 4.03. The van der Waals surface area contributed by atoms with Crippen LogP contribution in [0.2, 0.25) is 0 Å². The molecule has 2 N–H and O–H groups in total. The van der Waals surface area contributed by atoms with E-state index in [1.165, 1.54) is 6.07 Å². The van der Waals surface area contributed by atoms with Crippen LogP contribution in [0.1, 0.15) is 11.6 Å². The summed E-state index contributed by atoms with van der Waals surface area (Å²) in [6.07, 6.45) is 0. The molecule has 0 bridgehead atoms. The zero-order valence-corrected chi connectivity index (χ0v) is 13.1. The van der Waals surface area contributed by atoms with Gasteiger partial charge in [0.05, 0.1) is 17.1 Å². The van der Waals surface area contributed by atoms with Crippen molar-refractivity contribution >= 4 is 37.5 Å². The molecule has 2 aromatic rings. The van der Waals surface area contributed by atoms with Crippen molar-refractivity contribution in [3.63, 3.8) is 0 Å². The van der Waals surface area contributed by atoms with Crippen LogP contribution in [0, 0.1) is 5.82 Å². The van der Waals surface area contributed by atoms with Gasteiger partial charge in [-0.3, -0.25) is 0 Å². The summed E-state index contributed by atoms with van der Waals surface area (Å²) in [5.41, 5.74) is 1.55. The Bertz CT molecular complexity index is 577. The van der Waals surface area contributed by atoms with Crippen molar-refractivity contribution in [1.82, 2.24) is 0 Å². The van der Waals surface area contributed by atoms with Gasteiger partial charge in [-0.25, -0.2) is 4.39 Å². The van der Waals surface area contributed by atoms with E-state index in [4.69, 9.17) is 0 Å². The fraction of sp³-hybridized carbons (Fsp3) is 0.143. The maximum absolute atomic E-state index is 13.5. The molecular formula is C14H12Br2FNO. The molecule has 1 unspecified atom stereocenters. The quantitative estimate of drug-likeness (QED) is 0.808. The largest absolute Gasteiger partial charge is 0.394 e. The van der Waals surface area contributed by atoms with E-state index in [0.29, 0.717) is 10.0 Å². The van der Waals surface area contributed by atoms with Crippen LogP contribution in [0.4, 0.5) is 10.1 Å². The Balaban J connectivity index is 2.25. The Kier molecular flexibility index (Phi) is 4.96. The molecule has 0 aliphatic heterocycles. The third-order valence-corrected chi connectivity index (χ3v) is 4.07. The molecule has 0 radical (unpaired) electrons. The van der Waals surface area contributed by atoms with Crippen LogP contribution >= 0.6 is 31.9 Å². The van der Waals surface area contributed by atoms with E-state index in [-0.39, 0.29) is 18.5 Å². The van der Waals surface area contributed by atoms with Gasteiger partial charge in [-0.15, -0.1) is 0 Å². The van der Waals surface area contributed by atoms with Crippen LogP contribution in [0.3, 0.4) is 0 Å². The van der Waals surface area contributed by atoms with Crippen LogP contribution in [0.5, 0.6) is 0 Å². The van der Waals surface area contributed by atoms with Gasteiger partial charge in [0.1, 0.15) is 5.82 Å². The lowest BCUT2D eigenvalue weighted by atomic mass is 10.1. The highest BCUT2D eigenvalue weighted by atomic mass is 79.9. The molecule has 0 aromatic heterocycles. The number of benzene rings is 2. The van der Waals surface area contributed by atoms with Crippen molar-refractivity contribution in [2.24, 2.45) is 0 Å². The molecule has 0 saturated heterocycles. The predicted octanol–water partition coefficient (Wildman–Crippen LogP) is 4.50. The number of hydrogen-bond donors (Lipinski definition) is 2. The fourth-order valence-corrected chi connectivity index (χ4v) is 2.38. The average Bonchev–Trinajstić information content (AvgIpc) is 2.41. The Morgan fingerprint density at radius 2 is 1.84 bits per heavy atom. The molecule has 0 spiro atoms. The number of hydrogen-bond acceptors (Lipinski definition) is 2. The third-order valence-electron chi connectivity index (χ3n) is 2.73. The normalized spacial score (nSPS) is 12.2. The molecule has 19 heavy (non-hydrogen) atoms.